The Labute approximate surface area is 126 Å². The third kappa shape index (κ3) is 2.78. The van der Waals surface area contributed by atoms with E-state index in [9.17, 15) is 4.79 Å². The first kappa shape index (κ1) is 13.2. The minimum absolute atomic E-state index is 0.178. The highest BCUT2D eigenvalue weighted by Gasteiger charge is 2.48. The van der Waals surface area contributed by atoms with E-state index in [2.05, 4.69) is 17.4 Å². The highest BCUT2D eigenvalue weighted by molar-refractivity contribution is 5.83. The van der Waals surface area contributed by atoms with Gasteiger partial charge in [0.15, 0.2) is 0 Å². The summed E-state index contributed by atoms with van der Waals surface area (Å²) in [5.74, 6) is 3.28. The quantitative estimate of drug-likeness (QED) is 0.872. The molecule has 3 aliphatic rings. The molecule has 3 fully saturated rings. The second-order valence-corrected chi connectivity index (χ2v) is 6.93. The predicted octanol–water partition coefficient (Wildman–Crippen LogP) is 3.10. The molecule has 4 rings (SSSR count). The second-order valence-electron chi connectivity index (χ2n) is 6.93. The summed E-state index contributed by atoms with van der Waals surface area (Å²) in [5, 5.41) is 3.36. The van der Waals surface area contributed by atoms with Gasteiger partial charge in [-0.1, -0.05) is 12.1 Å². The van der Waals surface area contributed by atoms with Crippen LogP contribution in [0.25, 0.3) is 0 Å². The molecule has 0 aliphatic heterocycles. The van der Waals surface area contributed by atoms with Gasteiger partial charge in [-0.15, -0.1) is 0 Å². The van der Waals surface area contributed by atoms with Crippen LogP contribution in [0.3, 0.4) is 0 Å². The van der Waals surface area contributed by atoms with Gasteiger partial charge in [-0.3, -0.25) is 4.79 Å². The van der Waals surface area contributed by atoms with E-state index in [0.29, 0.717) is 12.0 Å². The van der Waals surface area contributed by atoms with Crippen molar-refractivity contribution in [2.24, 2.45) is 17.8 Å². The maximum Gasteiger partial charge on any atom is 0.223 e. The van der Waals surface area contributed by atoms with Crippen LogP contribution < -0.4 is 10.1 Å². The number of carbonyl (C=O) groups excluding carboxylic acids is 1. The molecule has 0 unspecified atom stereocenters. The third-order valence-electron chi connectivity index (χ3n) is 5.22. The van der Waals surface area contributed by atoms with Crippen LogP contribution in [0, 0.1) is 17.8 Å². The summed E-state index contributed by atoms with van der Waals surface area (Å²) in [6.07, 6.45) is 6.23. The number of rotatable bonds is 6. The molecule has 0 heterocycles. The number of ether oxygens (including phenoxy) is 1. The van der Waals surface area contributed by atoms with E-state index in [0.717, 1.165) is 24.0 Å². The van der Waals surface area contributed by atoms with Crippen molar-refractivity contribution >= 4 is 5.91 Å². The van der Waals surface area contributed by atoms with E-state index in [-0.39, 0.29) is 11.8 Å². The Kier molecular flexibility index (Phi) is 3.16. The number of benzene rings is 1. The Bertz CT molecular complexity index is 536. The van der Waals surface area contributed by atoms with Gasteiger partial charge in [-0.25, -0.2) is 0 Å². The maximum absolute atomic E-state index is 12.5. The standard InChI is InChI=1S/C18H23NO2/c1-21-14-4-2-3-13(9-14)15-10-16(15)18(20)19-17(11-5-6-11)12-7-8-12/h2-4,9,11-12,15-17H,5-8,10H2,1H3,(H,19,20)/t15-,16-/m1/s1. The smallest absolute Gasteiger partial charge is 0.223 e. The molecule has 1 aromatic carbocycles. The van der Waals surface area contributed by atoms with Crippen molar-refractivity contribution in [3.8, 4) is 5.75 Å². The fourth-order valence-corrected chi connectivity index (χ4v) is 3.53. The van der Waals surface area contributed by atoms with Crippen LogP contribution in [0.2, 0.25) is 0 Å². The van der Waals surface area contributed by atoms with Crippen molar-refractivity contribution in [1.82, 2.24) is 5.32 Å². The third-order valence-corrected chi connectivity index (χ3v) is 5.22. The lowest BCUT2D eigenvalue weighted by Crippen LogP contribution is -2.39. The highest BCUT2D eigenvalue weighted by atomic mass is 16.5. The summed E-state index contributed by atoms with van der Waals surface area (Å²) in [5.41, 5.74) is 1.24. The van der Waals surface area contributed by atoms with Crippen LogP contribution in [0.1, 0.15) is 43.6 Å². The van der Waals surface area contributed by atoms with Gasteiger partial charge in [0.05, 0.1) is 7.11 Å². The number of nitrogens with one attached hydrogen (secondary N) is 1. The number of hydrogen-bond donors (Lipinski definition) is 1. The zero-order chi connectivity index (χ0) is 14.4. The molecule has 3 saturated carbocycles. The molecule has 3 heteroatoms. The van der Waals surface area contributed by atoms with Gasteiger partial charge in [0, 0.05) is 12.0 Å². The molecular weight excluding hydrogens is 262 g/mol. The molecule has 0 saturated heterocycles. The average Bonchev–Trinajstić information content (AvgIpc) is 3.40. The molecule has 0 radical (unpaired) electrons. The minimum atomic E-state index is 0.178. The van der Waals surface area contributed by atoms with Gasteiger partial charge in [0.1, 0.15) is 5.75 Å². The van der Waals surface area contributed by atoms with Gasteiger partial charge >= 0.3 is 0 Å². The van der Waals surface area contributed by atoms with Crippen molar-refractivity contribution < 1.29 is 9.53 Å². The topological polar surface area (TPSA) is 38.3 Å². The molecule has 3 nitrogen and oxygen atoms in total. The monoisotopic (exact) mass is 285 g/mol. The van der Waals surface area contributed by atoms with Gasteiger partial charge in [-0.05, 0) is 67.6 Å². The van der Waals surface area contributed by atoms with Gasteiger partial charge in [0.25, 0.3) is 0 Å². The van der Waals surface area contributed by atoms with E-state index in [1.54, 1.807) is 7.11 Å². The van der Waals surface area contributed by atoms with E-state index in [4.69, 9.17) is 4.74 Å². The number of hydrogen-bond acceptors (Lipinski definition) is 2. The maximum atomic E-state index is 12.5. The number of methoxy groups -OCH3 is 1. The molecule has 1 N–H and O–H groups in total. The van der Waals surface area contributed by atoms with Gasteiger partial charge in [0.2, 0.25) is 5.91 Å². The van der Waals surface area contributed by atoms with Crippen molar-refractivity contribution in [1.29, 1.82) is 0 Å². The SMILES string of the molecule is COc1cccc([C@H]2C[C@H]2C(=O)NC(C2CC2)C2CC2)c1. The molecule has 1 aromatic rings. The molecular formula is C18H23NO2. The van der Waals surface area contributed by atoms with Crippen LogP contribution >= 0.6 is 0 Å². The summed E-state index contributed by atoms with van der Waals surface area (Å²) in [6.45, 7) is 0. The largest absolute Gasteiger partial charge is 0.497 e. The Balaban J connectivity index is 1.38. The fourth-order valence-electron chi connectivity index (χ4n) is 3.53. The van der Waals surface area contributed by atoms with E-state index in [1.165, 1.54) is 31.2 Å². The van der Waals surface area contributed by atoms with Crippen molar-refractivity contribution in [3.05, 3.63) is 29.8 Å². The minimum Gasteiger partial charge on any atom is -0.497 e. The molecule has 0 aromatic heterocycles. The summed E-state index contributed by atoms with van der Waals surface area (Å²) in [6, 6.07) is 8.62. The van der Waals surface area contributed by atoms with Crippen LogP contribution in [-0.2, 0) is 4.79 Å². The Morgan fingerprint density at radius 1 is 1.24 bits per heavy atom. The Hall–Kier alpha value is -1.51. The summed E-state index contributed by atoms with van der Waals surface area (Å²) in [7, 11) is 1.69. The Morgan fingerprint density at radius 3 is 2.57 bits per heavy atom. The van der Waals surface area contributed by atoms with Crippen LogP contribution in [0.5, 0.6) is 5.75 Å². The van der Waals surface area contributed by atoms with Crippen LogP contribution in [0.15, 0.2) is 24.3 Å². The van der Waals surface area contributed by atoms with Gasteiger partial charge in [-0.2, -0.15) is 0 Å². The summed E-state index contributed by atoms with van der Waals surface area (Å²) in [4.78, 5) is 12.5. The lowest BCUT2D eigenvalue weighted by atomic mass is 10.1. The first-order valence-electron chi connectivity index (χ1n) is 8.20. The molecule has 1 amide bonds. The van der Waals surface area contributed by atoms with Gasteiger partial charge < -0.3 is 10.1 Å². The predicted molar refractivity (Wildman–Crippen MR) is 81.2 cm³/mol. The normalized spacial score (nSPS) is 27.5. The first-order chi connectivity index (χ1) is 10.3. The molecule has 21 heavy (non-hydrogen) atoms. The van der Waals surface area contributed by atoms with Crippen LogP contribution in [-0.4, -0.2) is 19.1 Å². The Morgan fingerprint density at radius 2 is 1.95 bits per heavy atom. The lowest BCUT2D eigenvalue weighted by Gasteiger charge is -2.17. The summed E-state index contributed by atoms with van der Waals surface area (Å²) >= 11 is 0. The zero-order valence-corrected chi connectivity index (χ0v) is 12.5. The fraction of sp³-hybridized carbons (Fsp3) is 0.611. The molecule has 0 spiro atoms. The van der Waals surface area contributed by atoms with E-state index in [1.807, 2.05) is 12.1 Å². The van der Waals surface area contributed by atoms with Crippen molar-refractivity contribution in [2.45, 2.75) is 44.1 Å². The average molecular weight is 285 g/mol. The molecule has 2 atom stereocenters. The molecule has 112 valence electrons. The number of carbonyl (C=O) groups is 1. The summed E-state index contributed by atoms with van der Waals surface area (Å²) < 4.78 is 5.27. The number of amides is 1. The second kappa shape index (κ2) is 5.04. The molecule has 3 aliphatic carbocycles. The van der Waals surface area contributed by atoms with Crippen LogP contribution in [0.4, 0.5) is 0 Å². The zero-order valence-electron chi connectivity index (χ0n) is 12.5. The van der Waals surface area contributed by atoms with Crippen molar-refractivity contribution in [3.63, 3.8) is 0 Å². The molecule has 0 bridgehead atoms. The lowest BCUT2D eigenvalue weighted by molar-refractivity contribution is -0.123. The van der Waals surface area contributed by atoms with E-state index < -0.39 is 0 Å². The highest BCUT2D eigenvalue weighted by Crippen LogP contribution is 2.49. The first-order valence-corrected chi connectivity index (χ1v) is 8.20. The van der Waals surface area contributed by atoms with E-state index >= 15 is 0 Å². The van der Waals surface area contributed by atoms with Crippen molar-refractivity contribution in [2.75, 3.05) is 7.11 Å².